The molecule has 1 aromatic heterocycles. The third-order valence-corrected chi connectivity index (χ3v) is 2.94. The first-order valence-corrected chi connectivity index (χ1v) is 5.19. The Morgan fingerprint density at radius 1 is 1.07 bits per heavy atom. The molecule has 0 radical (unpaired) electrons. The van der Waals surface area contributed by atoms with Gasteiger partial charge in [-0.3, -0.25) is 0 Å². The van der Waals surface area contributed by atoms with Crippen LogP contribution in [0.25, 0.3) is 10.9 Å². The van der Waals surface area contributed by atoms with E-state index < -0.39 is 0 Å². The van der Waals surface area contributed by atoms with E-state index >= 15 is 0 Å². The van der Waals surface area contributed by atoms with Crippen molar-refractivity contribution in [2.75, 3.05) is 12.4 Å². The van der Waals surface area contributed by atoms with E-state index in [4.69, 9.17) is 0 Å². The predicted molar refractivity (Wildman–Crippen MR) is 65.5 cm³/mol. The summed E-state index contributed by atoms with van der Waals surface area (Å²) < 4.78 is 0. The fourth-order valence-electron chi connectivity index (χ4n) is 1.84. The van der Waals surface area contributed by atoms with Crippen LogP contribution in [0.5, 0.6) is 0 Å². The number of hydrogen-bond acceptors (Lipinski definition) is 2. The Morgan fingerprint density at radius 2 is 1.80 bits per heavy atom. The van der Waals surface area contributed by atoms with Crippen LogP contribution in [0.2, 0.25) is 0 Å². The number of pyridine rings is 1. The van der Waals surface area contributed by atoms with Crippen LogP contribution in [0, 0.1) is 20.8 Å². The second-order valence-electron chi connectivity index (χ2n) is 3.98. The molecule has 2 rings (SSSR count). The number of hydrogen-bond donors (Lipinski definition) is 1. The van der Waals surface area contributed by atoms with Crippen molar-refractivity contribution >= 4 is 16.7 Å². The van der Waals surface area contributed by atoms with Crippen LogP contribution in [0.15, 0.2) is 18.2 Å². The van der Waals surface area contributed by atoms with E-state index in [1.807, 2.05) is 7.05 Å². The Hall–Kier alpha value is -1.57. The monoisotopic (exact) mass is 200 g/mol. The molecule has 0 aliphatic rings. The molecular formula is C13H16N2. The average Bonchev–Trinajstić information content (AvgIpc) is 2.23. The number of rotatable bonds is 1. The maximum Gasteiger partial charge on any atom is 0.129 e. The molecule has 0 fully saturated rings. The maximum atomic E-state index is 4.64. The first-order chi connectivity index (χ1) is 7.13. The van der Waals surface area contributed by atoms with E-state index in [0.717, 1.165) is 11.3 Å². The topological polar surface area (TPSA) is 24.9 Å². The van der Waals surface area contributed by atoms with Gasteiger partial charge in [-0.05, 0) is 43.5 Å². The summed E-state index contributed by atoms with van der Waals surface area (Å²) in [6.45, 7) is 6.32. The van der Waals surface area contributed by atoms with E-state index in [9.17, 15) is 0 Å². The first kappa shape index (κ1) is 9.97. The lowest BCUT2D eigenvalue weighted by atomic mass is 10.0. The van der Waals surface area contributed by atoms with Gasteiger partial charge in [0, 0.05) is 12.4 Å². The van der Waals surface area contributed by atoms with Gasteiger partial charge >= 0.3 is 0 Å². The normalized spacial score (nSPS) is 10.7. The van der Waals surface area contributed by atoms with E-state index in [-0.39, 0.29) is 0 Å². The second kappa shape index (κ2) is 3.54. The Kier molecular flexibility index (Phi) is 2.35. The van der Waals surface area contributed by atoms with Gasteiger partial charge in [-0.25, -0.2) is 4.98 Å². The van der Waals surface area contributed by atoms with Crippen LogP contribution in [-0.2, 0) is 0 Å². The Balaban J connectivity index is 2.82. The van der Waals surface area contributed by atoms with Gasteiger partial charge in [0.25, 0.3) is 0 Å². The van der Waals surface area contributed by atoms with Gasteiger partial charge in [-0.2, -0.15) is 0 Å². The highest BCUT2D eigenvalue weighted by Gasteiger charge is 2.05. The lowest BCUT2D eigenvalue weighted by Gasteiger charge is -2.09. The van der Waals surface area contributed by atoms with Crippen molar-refractivity contribution in [2.24, 2.45) is 0 Å². The molecule has 0 aliphatic heterocycles. The van der Waals surface area contributed by atoms with Crippen LogP contribution in [0.1, 0.15) is 16.7 Å². The summed E-state index contributed by atoms with van der Waals surface area (Å²) in [7, 11) is 1.91. The molecule has 0 spiro atoms. The van der Waals surface area contributed by atoms with Gasteiger partial charge in [-0.15, -0.1) is 0 Å². The van der Waals surface area contributed by atoms with Gasteiger partial charge in [0.05, 0.1) is 5.52 Å². The van der Waals surface area contributed by atoms with Crippen molar-refractivity contribution in [1.82, 2.24) is 4.98 Å². The molecule has 78 valence electrons. The Morgan fingerprint density at radius 3 is 2.47 bits per heavy atom. The van der Waals surface area contributed by atoms with Crippen LogP contribution in [0.3, 0.4) is 0 Å². The minimum atomic E-state index is 0.969. The van der Waals surface area contributed by atoms with Gasteiger partial charge in [0.2, 0.25) is 0 Å². The zero-order valence-corrected chi connectivity index (χ0v) is 9.68. The van der Waals surface area contributed by atoms with Crippen molar-refractivity contribution in [3.8, 4) is 0 Å². The van der Waals surface area contributed by atoms with Crippen molar-refractivity contribution in [2.45, 2.75) is 20.8 Å². The highest BCUT2D eigenvalue weighted by molar-refractivity contribution is 5.85. The molecule has 2 heteroatoms. The zero-order valence-electron chi connectivity index (χ0n) is 9.68. The molecule has 2 aromatic rings. The fraction of sp³-hybridized carbons (Fsp3) is 0.308. The summed E-state index contributed by atoms with van der Waals surface area (Å²) in [5.74, 6) is 0.969. The largest absolute Gasteiger partial charge is 0.373 e. The fourth-order valence-corrected chi connectivity index (χ4v) is 1.84. The predicted octanol–water partition coefficient (Wildman–Crippen LogP) is 3.20. The number of benzene rings is 1. The summed E-state index contributed by atoms with van der Waals surface area (Å²) in [6, 6.07) is 6.47. The summed E-state index contributed by atoms with van der Waals surface area (Å²) in [5, 5.41) is 4.34. The number of fused-ring (bicyclic) bond motifs is 1. The van der Waals surface area contributed by atoms with Gasteiger partial charge in [-0.1, -0.05) is 12.1 Å². The van der Waals surface area contributed by atoms with Crippen molar-refractivity contribution in [1.29, 1.82) is 0 Å². The number of aromatic nitrogens is 1. The van der Waals surface area contributed by atoms with Crippen molar-refractivity contribution < 1.29 is 0 Å². The molecule has 2 nitrogen and oxygen atoms in total. The molecule has 1 heterocycles. The molecule has 0 saturated heterocycles. The first-order valence-electron chi connectivity index (χ1n) is 5.19. The lowest BCUT2D eigenvalue weighted by Crippen LogP contribution is -1.97. The van der Waals surface area contributed by atoms with E-state index in [2.05, 4.69) is 49.3 Å². The van der Waals surface area contributed by atoms with E-state index in [0.29, 0.717) is 0 Å². The number of nitrogens with zero attached hydrogens (tertiary/aromatic N) is 1. The number of anilines is 1. The molecule has 0 unspecified atom stereocenters. The maximum absolute atomic E-state index is 4.64. The molecule has 0 amide bonds. The Bertz CT molecular complexity index is 515. The minimum absolute atomic E-state index is 0.969. The van der Waals surface area contributed by atoms with Crippen LogP contribution in [0.4, 0.5) is 5.82 Å². The summed E-state index contributed by atoms with van der Waals surface area (Å²) in [4.78, 5) is 4.64. The molecule has 0 saturated carbocycles. The van der Waals surface area contributed by atoms with Gasteiger partial charge < -0.3 is 5.32 Å². The van der Waals surface area contributed by atoms with Crippen LogP contribution in [-0.4, -0.2) is 12.0 Å². The highest BCUT2D eigenvalue weighted by atomic mass is 15.0. The molecular weight excluding hydrogens is 184 g/mol. The lowest BCUT2D eigenvalue weighted by molar-refractivity contribution is 1.26. The minimum Gasteiger partial charge on any atom is -0.373 e. The van der Waals surface area contributed by atoms with Crippen LogP contribution < -0.4 is 5.32 Å². The summed E-state index contributed by atoms with van der Waals surface area (Å²) in [6.07, 6.45) is 0. The van der Waals surface area contributed by atoms with Crippen LogP contribution >= 0.6 is 0 Å². The molecule has 0 bridgehead atoms. The second-order valence-corrected chi connectivity index (χ2v) is 3.98. The molecule has 1 N–H and O–H groups in total. The molecule has 1 aromatic carbocycles. The average molecular weight is 200 g/mol. The Labute approximate surface area is 90.3 Å². The molecule has 0 atom stereocenters. The van der Waals surface area contributed by atoms with Crippen molar-refractivity contribution in [3.05, 3.63) is 34.9 Å². The molecule has 15 heavy (non-hydrogen) atoms. The standard InChI is InChI=1S/C13H16N2/c1-8-5-6-11-7-9(2)13(14-4)15-12(11)10(8)3/h5-7H,1-4H3,(H,14,15). The van der Waals surface area contributed by atoms with Crippen molar-refractivity contribution in [3.63, 3.8) is 0 Å². The smallest absolute Gasteiger partial charge is 0.129 e. The third kappa shape index (κ3) is 1.56. The highest BCUT2D eigenvalue weighted by Crippen LogP contribution is 2.23. The summed E-state index contributed by atoms with van der Waals surface area (Å²) >= 11 is 0. The quantitative estimate of drug-likeness (QED) is 0.764. The van der Waals surface area contributed by atoms with E-state index in [1.165, 1.54) is 22.1 Å². The number of aryl methyl sites for hydroxylation is 3. The van der Waals surface area contributed by atoms with Gasteiger partial charge in [0.1, 0.15) is 5.82 Å². The SMILES string of the molecule is CNc1nc2c(C)c(C)ccc2cc1C. The molecule has 0 aliphatic carbocycles. The van der Waals surface area contributed by atoms with Gasteiger partial charge in [0.15, 0.2) is 0 Å². The number of nitrogens with one attached hydrogen (secondary N) is 1. The van der Waals surface area contributed by atoms with E-state index in [1.54, 1.807) is 0 Å². The third-order valence-electron chi connectivity index (χ3n) is 2.94. The summed E-state index contributed by atoms with van der Waals surface area (Å²) in [5.41, 5.74) is 4.85. The zero-order chi connectivity index (χ0) is 11.0.